The fourth-order valence-corrected chi connectivity index (χ4v) is 4.72. The topological polar surface area (TPSA) is 45.0 Å². The van der Waals surface area contributed by atoms with Gasteiger partial charge in [-0.05, 0) is 49.8 Å². The Morgan fingerprint density at radius 3 is 2.48 bits per heavy atom. The molecule has 4 aromatic carbocycles. The summed E-state index contributed by atoms with van der Waals surface area (Å²) < 4.78 is 12.7. The van der Waals surface area contributed by atoms with Crippen molar-refractivity contribution in [2.45, 2.75) is 0 Å². The predicted molar refractivity (Wildman–Crippen MR) is 154 cm³/mol. The maximum absolute atomic E-state index is 6.48. The second kappa shape index (κ2) is 10.9. The Hall–Kier alpha value is -4.54. The number of hydrogen-bond donors (Lipinski definition) is 0. The SMILES string of the molecule is CN1C=CN(c2[c-]c(Oc3[c-]c(N(c4ccccc4)c4ccccn4)ccc3)c3oc4ccccc4c3c2)[CH-]1.[Pt]. The molecular weight excluding hydrogens is 679 g/mol. The molecule has 0 amide bonds. The molecule has 0 aliphatic carbocycles. The zero-order chi connectivity index (χ0) is 26.2. The van der Waals surface area contributed by atoms with E-state index in [9.17, 15) is 0 Å². The van der Waals surface area contributed by atoms with Crippen molar-refractivity contribution in [2.24, 2.45) is 0 Å². The Labute approximate surface area is 247 Å². The van der Waals surface area contributed by atoms with Crippen LogP contribution in [-0.2, 0) is 21.1 Å². The number of rotatable bonds is 6. The minimum Gasteiger partial charge on any atom is -0.512 e. The van der Waals surface area contributed by atoms with Gasteiger partial charge in [0.05, 0.1) is 11.3 Å². The first-order valence-corrected chi connectivity index (χ1v) is 12.6. The average molecular weight is 703 g/mol. The third kappa shape index (κ3) is 4.83. The van der Waals surface area contributed by atoms with Gasteiger partial charge in [-0.15, -0.1) is 36.0 Å². The molecule has 2 aromatic heterocycles. The first-order valence-electron chi connectivity index (χ1n) is 12.6. The summed E-state index contributed by atoms with van der Waals surface area (Å²) >= 11 is 0. The number of pyridine rings is 1. The van der Waals surface area contributed by atoms with E-state index in [4.69, 9.17) is 9.15 Å². The largest absolute Gasteiger partial charge is 0.512 e. The number of benzene rings is 4. The van der Waals surface area contributed by atoms with Gasteiger partial charge in [-0.1, -0.05) is 53.5 Å². The first kappa shape index (κ1) is 25.7. The van der Waals surface area contributed by atoms with Crippen molar-refractivity contribution in [3.63, 3.8) is 0 Å². The molecule has 3 heterocycles. The molecule has 0 fully saturated rings. The van der Waals surface area contributed by atoms with E-state index < -0.39 is 0 Å². The van der Waals surface area contributed by atoms with Crippen LogP contribution in [0.3, 0.4) is 0 Å². The normalized spacial score (nSPS) is 12.6. The Kier molecular flexibility index (Phi) is 7.02. The molecule has 0 radical (unpaired) electrons. The smallest absolute Gasteiger partial charge is 0.135 e. The third-order valence-corrected chi connectivity index (χ3v) is 6.51. The molecule has 0 spiro atoms. The summed E-state index contributed by atoms with van der Waals surface area (Å²) in [5, 5.41) is 1.98. The molecule has 7 heteroatoms. The number of hydrogen-bond acceptors (Lipinski definition) is 6. The van der Waals surface area contributed by atoms with Crippen LogP contribution in [0.15, 0.2) is 120 Å². The van der Waals surface area contributed by atoms with Gasteiger partial charge in [0, 0.05) is 44.1 Å². The van der Waals surface area contributed by atoms with Crippen molar-refractivity contribution in [2.75, 3.05) is 16.8 Å². The van der Waals surface area contributed by atoms with Gasteiger partial charge in [0.25, 0.3) is 0 Å². The molecule has 0 unspecified atom stereocenters. The minimum absolute atomic E-state index is 0. The molecule has 6 nitrogen and oxygen atoms in total. The molecule has 0 bridgehead atoms. The quantitative estimate of drug-likeness (QED) is 0.163. The van der Waals surface area contributed by atoms with E-state index in [0.717, 1.165) is 39.2 Å². The Morgan fingerprint density at radius 2 is 1.68 bits per heavy atom. The van der Waals surface area contributed by atoms with Crippen LogP contribution in [0.4, 0.5) is 22.9 Å². The maximum atomic E-state index is 6.48. The van der Waals surface area contributed by atoms with Crippen LogP contribution in [0, 0.1) is 18.8 Å². The summed E-state index contributed by atoms with van der Waals surface area (Å²) in [7, 11) is 1.99. The van der Waals surface area contributed by atoms with Gasteiger partial charge >= 0.3 is 0 Å². The van der Waals surface area contributed by atoms with Crippen LogP contribution in [0.5, 0.6) is 11.5 Å². The van der Waals surface area contributed by atoms with Gasteiger partial charge in [0.1, 0.15) is 11.4 Å². The Balaban J connectivity index is 0.00000289. The van der Waals surface area contributed by atoms with Gasteiger partial charge in [-0.2, -0.15) is 12.7 Å². The van der Waals surface area contributed by atoms with Gasteiger partial charge in [-0.3, -0.25) is 0 Å². The molecule has 6 aromatic rings. The Bertz CT molecular complexity index is 1760. The summed E-state index contributed by atoms with van der Waals surface area (Å²) in [6.07, 6.45) is 5.76. The number of nitrogens with zero attached hydrogens (tertiary/aromatic N) is 4. The van der Waals surface area contributed by atoms with Crippen molar-refractivity contribution >= 4 is 44.8 Å². The number of ether oxygens (including phenoxy) is 1. The number of aromatic nitrogens is 1. The van der Waals surface area contributed by atoms with Gasteiger partial charge in [0.2, 0.25) is 0 Å². The van der Waals surface area contributed by atoms with Crippen LogP contribution in [0.1, 0.15) is 0 Å². The number of para-hydroxylation sites is 2. The van der Waals surface area contributed by atoms with Gasteiger partial charge in [-0.25, -0.2) is 4.98 Å². The molecule has 1 aliphatic rings. The minimum atomic E-state index is 0. The summed E-state index contributed by atoms with van der Waals surface area (Å²) in [5.74, 6) is 1.82. The van der Waals surface area contributed by atoms with E-state index in [0.29, 0.717) is 17.1 Å². The Morgan fingerprint density at radius 1 is 0.850 bits per heavy atom. The van der Waals surface area contributed by atoms with Gasteiger partial charge in [0.15, 0.2) is 0 Å². The van der Waals surface area contributed by atoms with Crippen molar-refractivity contribution in [1.82, 2.24) is 9.88 Å². The molecule has 0 N–H and O–H groups in total. The second-order valence-corrected chi connectivity index (χ2v) is 9.17. The van der Waals surface area contributed by atoms with Crippen molar-refractivity contribution in [3.8, 4) is 11.5 Å². The maximum Gasteiger partial charge on any atom is 0.135 e. The van der Waals surface area contributed by atoms with Crippen LogP contribution < -0.4 is 14.5 Å². The van der Waals surface area contributed by atoms with Crippen molar-refractivity contribution < 1.29 is 30.2 Å². The third-order valence-electron chi connectivity index (χ3n) is 6.51. The van der Waals surface area contributed by atoms with E-state index in [-0.39, 0.29) is 21.1 Å². The average Bonchev–Trinajstić information content (AvgIpc) is 3.58. The summed E-state index contributed by atoms with van der Waals surface area (Å²) in [5.41, 5.74) is 4.05. The first-order chi connectivity index (χ1) is 19.2. The fraction of sp³-hybridized carbons (Fsp3) is 0.0303. The summed E-state index contributed by atoms with van der Waals surface area (Å²) in [6, 6.07) is 38.7. The van der Waals surface area contributed by atoms with E-state index in [1.807, 2.05) is 126 Å². The number of anilines is 4. The zero-order valence-corrected chi connectivity index (χ0v) is 23.7. The molecule has 200 valence electrons. The predicted octanol–water partition coefficient (Wildman–Crippen LogP) is 8.18. The molecule has 1 aliphatic heterocycles. The van der Waals surface area contributed by atoms with E-state index in [1.165, 1.54) is 0 Å². The summed E-state index contributed by atoms with van der Waals surface area (Å²) in [4.78, 5) is 10.6. The van der Waals surface area contributed by atoms with Crippen LogP contribution in [-0.4, -0.2) is 16.9 Å². The van der Waals surface area contributed by atoms with Crippen molar-refractivity contribution in [3.05, 3.63) is 134 Å². The second-order valence-electron chi connectivity index (χ2n) is 9.17. The van der Waals surface area contributed by atoms with Crippen molar-refractivity contribution in [1.29, 1.82) is 0 Å². The monoisotopic (exact) mass is 702 g/mol. The fourth-order valence-electron chi connectivity index (χ4n) is 4.72. The van der Waals surface area contributed by atoms with E-state index >= 15 is 0 Å². The van der Waals surface area contributed by atoms with E-state index in [2.05, 4.69) is 29.2 Å². The standard InChI is InChI=1S/C33H23N4O2.Pt/c1-35-18-19-36(23-35)26-21-29-28-14-5-6-15-30(28)39-33(29)31(22-26)38-27-13-9-12-25(20-27)37(24-10-3-2-4-11-24)32-16-7-8-17-34-32;/h2-19,21,23H,1H3;/q-3;. The summed E-state index contributed by atoms with van der Waals surface area (Å²) in [6.45, 7) is 1.99. The van der Waals surface area contributed by atoms with Crippen LogP contribution >= 0.6 is 0 Å². The molecule has 0 atom stereocenters. The zero-order valence-electron chi connectivity index (χ0n) is 21.5. The molecule has 7 rings (SSSR count). The van der Waals surface area contributed by atoms with E-state index in [1.54, 1.807) is 6.20 Å². The van der Waals surface area contributed by atoms with Gasteiger partial charge < -0.3 is 23.9 Å². The molecule has 0 saturated carbocycles. The molecule has 0 saturated heterocycles. The molecular formula is C33H23N4O2Pt-3. The number of furan rings is 1. The van der Waals surface area contributed by atoms with Crippen LogP contribution in [0.25, 0.3) is 21.9 Å². The number of fused-ring (bicyclic) bond motifs is 3. The van der Waals surface area contributed by atoms with Crippen LogP contribution in [0.2, 0.25) is 0 Å². The molecule has 40 heavy (non-hydrogen) atoms.